The molecular formula is C9H10FN5O3S. The topological polar surface area (TPSA) is 113 Å². The Bertz CT molecular complexity index is 700. The van der Waals surface area contributed by atoms with Crippen molar-refractivity contribution in [1.29, 1.82) is 0 Å². The molecular weight excluding hydrogens is 277 g/mol. The van der Waals surface area contributed by atoms with E-state index in [0.29, 0.717) is 0 Å². The molecule has 10 heteroatoms. The van der Waals surface area contributed by atoms with Gasteiger partial charge in [0.2, 0.25) is 15.8 Å². The molecule has 0 aliphatic rings. The fourth-order valence-corrected chi connectivity index (χ4v) is 2.03. The Morgan fingerprint density at radius 2 is 2.21 bits per heavy atom. The van der Waals surface area contributed by atoms with Crippen molar-refractivity contribution in [3.05, 3.63) is 29.8 Å². The van der Waals surface area contributed by atoms with E-state index in [4.69, 9.17) is 9.88 Å². The largest absolute Gasteiger partial charge is 0.484 e. The van der Waals surface area contributed by atoms with Crippen molar-refractivity contribution < 1.29 is 17.5 Å². The second-order valence-corrected chi connectivity index (χ2v) is 5.15. The Morgan fingerprint density at radius 3 is 2.79 bits per heavy atom. The van der Waals surface area contributed by atoms with E-state index in [1.54, 1.807) is 7.05 Å². The van der Waals surface area contributed by atoms with E-state index in [1.807, 2.05) is 0 Å². The molecule has 0 atom stereocenters. The minimum Gasteiger partial charge on any atom is -0.484 e. The summed E-state index contributed by atoms with van der Waals surface area (Å²) in [7, 11) is -2.51. The summed E-state index contributed by atoms with van der Waals surface area (Å²) in [5, 5.41) is 16.1. The molecule has 0 aliphatic carbocycles. The highest BCUT2D eigenvalue weighted by atomic mass is 32.2. The third-order valence-corrected chi connectivity index (χ3v) is 3.05. The zero-order valence-electron chi connectivity index (χ0n) is 9.82. The summed E-state index contributed by atoms with van der Waals surface area (Å²) in [6.45, 7) is -0.109. The maximum atomic E-state index is 13.0. The number of ether oxygens (including phenoxy) is 1. The lowest BCUT2D eigenvalue weighted by Gasteiger charge is -2.08. The Hall–Kier alpha value is -2.07. The van der Waals surface area contributed by atoms with Gasteiger partial charge in [-0.05, 0) is 23.4 Å². The van der Waals surface area contributed by atoms with E-state index in [1.165, 1.54) is 10.9 Å². The molecule has 1 aromatic carbocycles. The van der Waals surface area contributed by atoms with Crippen molar-refractivity contribution in [3.63, 3.8) is 0 Å². The molecule has 0 aliphatic heterocycles. The van der Waals surface area contributed by atoms with E-state index < -0.39 is 20.7 Å². The summed E-state index contributed by atoms with van der Waals surface area (Å²) in [4.78, 5) is 0.792. The van der Waals surface area contributed by atoms with Gasteiger partial charge in [-0.2, -0.15) is 4.80 Å². The molecule has 0 spiro atoms. The van der Waals surface area contributed by atoms with E-state index in [-0.39, 0.29) is 18.2 Å². The zero-order chi connectivity index (χ0) is 14.0. The minimum atomic E-state index is -4.08. The van der Waals surface area contributed by atoms with Crippen LogP contribution >= 0.6 is 0 Å². The van der Waals surface area contributed by atoms with Crippen LogP contribution in [-0.2, 0) is 23.7 Å². The van der Waals surface area contributed by atoms with Gasteiger partial charge in [0.05, 0.1) is 7.05 Å². The zero-order valence-corrected chi connectivity index (χ0v) is 10.6. The van der Waals surface area contributed by atoms with Crippen LogP contribution in [0, 0.1) is 5.82 Å². The van der Waals surface area contributed by atoms with Crippen LogP contribution in [0.15, 0.2) is 23.1 Å². The van der Waals surface area contributed by atoms with Gasteiger partial charge in [-0.15, -0.1) is 10.2 Å². The molecule has 19 heavy (non-hydrogen) atoms. The summed E-state index contributed by atoms with van der Waals surface area (Å²) < 4.78 is 40.9. The quantitative estimate of drug-likeness (QED) is 0.816. The molecule has 1 heterocycles. The highest BCUT2D eigenvalue weighted by Gasteiger charge is 2.17. The van der Waals surface area contributed by atoms with Crippen LogP contribution < -0.4 is 9.88 Å². The van der Waals surface area contributed by atoms with Crippen molar-refractivity contribution in [2.45, 2.75) is 11.5 Å². The molecule has 0 saturated heterocycles. The number of hydrogen-bond acceptors (Lipinski definition) is 6. The van der Waals surface area contributed by atoms with Gasteiger partial charge in [-0.25, -0.2) is 17.9 Å². The van der Waals surface area contributed by atoms with Gasteiger partial charge in [0, 0.05) is 0 Å². The van der Waals surface area contributed by atoms with E-state index >= 15 is 0 Å². The van der Waals surface area contributed by atoms with Crippen LogP contribution in [0.3, 0.4) is 0 Å². The van der Waals surface area contributed by atoms with Crippen LogP contribution in [0.2, 0.25) is 0 Å². The average molecular weight is 287 g/mol. The number of aryl methyl sites for hydroxylation is 1. The Balaban J connectivity index is 2.25. The molecule has 0 unspecified atom stereocenters. The molecule has 2 N–H and O–H groups in total. The third kappa shape index (κ3) is 3.23. The van der Waals surface area contributed by atoms with Gasteiger partial charge < -0.3 is 4.74 Å². The number of primary sulfonamides is 1. The molecule has 1 aromatic heterocycles. The van der Waals surface area contributed by atoms with Gasteiger partial charge in [0.1, 0.15) is 16.5 Å². The minimum absolute atomic E-state index is 0.0728. The predicted molar refractivity (Wildman–Crippen MR) is 60.9 cm³/mol. The molecule has 2 rings (SSSR count). The highest BCUT2D eigenvalue weighted by molar-refractivity contribution is 7.89. The molecule has 0 amide bonds. The first-order valence-electron chi connectivity index (χ1n) is 5.04. The summed E-state index contributed by atoms with van der Waals surface area (Å²) in [6, 6.07) is 3.02. The van der Waals surface area contributed by atoms with Gasteiger partial charge in [-0.1, -0.05) is 0 Å². The maximum Gasteiger partial charge on any atom is 0.241 e. The summed E-state index contributed by atoms with van der Waals surface area (Å²) in [5.41, 5.74) is 0. The Morgan fingerprint density at radius 1 is 1.47 bits per heavy atom. The van der Waals surface area contributed by atoms with Crippen molar-refractivity contribution in [3.8, 4) is 5.75 Å². The highest BCUT2D eigenvalue weighted by Crippen LogP contribution is 2.24. The number of halogens is 1. The van der Waals surface area contributed by atoms with Gasteiger partial charge in [0.15, 0.2) is 6.61 Å². The van der Waals surface area contributed by atoms with Crippen LogP contribution in [0.4, 0.5) is 4.39 Å². The van der Waals surface area contributed by atoms with Crippen molar-refractivity contribution >= 4 is 10.0 Å². The normalized spacial score (nSPS) is 11.5. The third-order valence-electron chi connectivity index (χ3n) is 2.12. The summed E-state index contributed by atoms with van der Waals surface area (Å²) >= 11 is 0. The average Bonchev–Trinajstić information content (AvgIpc) is 2.72. The molecule has 8 nitrogen and oxygen atoms in total. The smallest absolute Gasteiger partial charge is 0.241 e. The van der Waals surface area contributed by atoms with Crippen molar-refractivity contribution in [1.82, 2.24) is 20.2 Å². The van der Waals surface area contributed by atoms with Gasteiger partial charge >= 0.3 is 0 Å². The Labute approximate surface area is 108 Å². The van der Waals surface area contributed by atoms with Crippen molar-refractivity contribution in [2.24, 2.45) is 12.2 Å². The number of nitrogens with zero attached hydrogens (tertiary/aromatic N) is 4. The predicted octanol–water partition coefficient (Wildman–Crippen LogP) is -0.424. The van der Waals surface area contributed by atoms with Gasteiger partial charge in [0.25, 0.3) is 0 Å². The number of tetrazole rings is 1. The first kappa shape index (κ1) is 13.4. The molecule has 0 fully saturated rings. The second-order valence-electron chi connectivity index (χ2n) is 3.62. The number of benzene rings is 1. The van der Waals surface area contributed by atoms with Crippen LogP contribution in [0.1, 0.15) is 5.82 Å². The first-order valence-corrected chi connectivity index (χ1v) is 6.59. The number of hydrogen-bond donors (Lipinski definition) is 1. The maximum absolute atomic E-state index is 13.0. The van der Waals surface area contributed by atoms with E-state index in [9.17, 15) is 12.8 Å². The van der Waals surface area contributed by atoms with Gasteiger partial charge in [-0.3, -0.25) is 0 Å². The standard InChI is InChI=1S/C9H10FN5O3S/c1-15-13-9(12-14-15)5-18-7-3-2-6(10)4-8(7)19(11,16)17/h2-4H,5H2,1H3,(H2,11,16,17). The van der Waals surface area contributed by atoms with Crippen LogP contribution in [0.5, 0.6) is 5.75 Å². The number of rotatable bonds is 4. The monoisotopic (exact) mass is 287 g/mol. The fourth-order valence-electron chi connectivity index (χ4n) is 1.35. The van der Waals surface area contributed by atoms with E-state index in [0.717, 1.165) is 12.1 Å². The number of sulfonamides is 1. The fraction of sp³-hybridized carbons (Fsp3) is 0.222. The molecule has 2 aromatic rings. The SMILES string of the molecule is Cn1nnc(COc2ccc(F)cc2S(N)(=O)=O)n1. The lowest BCUT2D eigenvalue weighted by molar-refractivity contribution is 0.287. The molecule has 102 valence electrons. The lowest BCUT2D eigenvalue weighted by Crippen LogP contribution is -2.14. The number of nitrogens with two attached hydrogens (primary N) is 1. The van der Waals surface area contributed by atoms with Crippen molar-refractivity contribution in [2.75, 3.05) is 0 Å². The molecule has 0 radical (unpaired) electrons. The Kier molecular flexibility index (Phi) is 3.44. The first-order chi connectivity index (χ1) is 8.86. The lowest BCUT2D eigenvalue weighted by atomic mass is 10.3. The summed E-state index contributed by atoms with van der Waals surface area (Å²) in [5.74, 6) is -0.544. The summed E-state index contributed by atoms with van der Waals surface area (Å²) in [6.07, 6.45) is 0. The van der Waals surface area contributed by atoms with E-state index in [2.05, 4.69) is 15.4 Å². The van der Waals surface area contributed by atoms with Crippen LogP contribution in [-0.4, -0.2) is 28.6 Å². The molecule has 0 bridgehead atoms. The number of aromatic nitrogens is 4. The van der Waals surface area contributed by atoms with Crippen LogP contribution in [0.25, 0.3) is 0 Å². The second kappa shape index (κ2) is 4.90. The molecule has 0 saturated carbocycles.